The number of carbonyl (C=O) groups is 3. The van der Waals surface area contributed by atoms with Gasteiger partial charge in [0.1, 0.15) is 5.75 Å². The monoisotopic (exact) mass is 375 g/mol. The summed E-state index contributed by atoms with van der Waals surface area (Å²) in [7, 11) is 0. The van der Waals surface area contributed by atoms with Crippen molar-refractivity contribution >= 4 is 17.9 Å². The molecule has 1 N–H and O–H groups in total. The van der Waals surface area contributed by atoms with Gasteiger partial charge < -0.3 is 9.84 Å². The summed E-state index contributed by atoms with van der Waals surface area (Å²) in [6.07, 6.45) is 10.9. The van der Waals surface area contributed by atoms with Gasteiger partial charge in [0.25, 0.3) is 11.8 Å². The van der Waals surface area contributed by atoms with Crippen LogP contribution in [0.3, 0.4) is 0 Å². The van der Waals surface area contributed by atoms with Crippen molar-refractivity contribution in [3.63, 3.8) is 0 Å². The van der Waals surface area contributed by atoms with Gasteiger partial charge in [-0.05, 0) is 24.6 Å². The van der Waals surface area contributed by atoms with Crippen molar-refractivity contribution in [2.45, 2.75) is 71.1 Å². The first-order valence-electron chi connectivity index (χ1n) is 9.94. The molecule has 1 aliphatic heterocycles. The van der Waals surface area contributed by atoms with Crippen LogP contribution in [0.15, 0.2) is 18.2 Å². The number of carbonyl (C=O) groups excluding carboxylic acids is 2. The molecule has 1 heterocycles. The molecule has 27 heavy (non-hydrogen) atoms. The Hall–Kier alpha value is -2.37. The summed E-state index contributed by atoms with van der Waals surface area (Å²) >= 11 is 0. The molecule has 0 aliphatic carbocycles. The number of hydrogen-bond donors (Lipinski definition) is 1. The Bertz CT molecular complexity index is 671. The van der Waals surface area contributed by atoms with E-state index in [1.54, 1.807) is 6.07 Å². The van der Waals surface area contributed by atoms with E-state index < -0.39 is 17.9 Å². The predicted molar refractivity (Wildman–Crippen MR) is 102 cm³/mol. The van der Waals surface area contributed by atoms with Gasteiger partial charge in [-0.3, -0.25) is 9.59 Å². The summed E-state index contributed by atoms with van der Waals surface area (Å²) in [6, 6.07) is 4.51. The Labute approximate surface area is 160 Å². The van der Waals surface area contributed by atoms with E-state index in [-0.39, 0.29) is 16.0 Å². The SMILES string of the molecule is CCCCCCCCCCCCOc1ccc2c(c1)C(=O)N(C(=O)O)C2=O. The molecular weight excluding hydrogens is 346 g/mol. The molecule has 148 valence electrons. The van der Waals surface area contributed by atoms with Gasteiger partial charge in [0.15, 0.2) is 0 Å². The number of nitrogens with zero attached hydrogens (tertiary/aromatic N) is 1. The number of amides is 3. The minimum absolute atomic E-state index is 0.0861. The first-order chi connectivity index (χ1) is 13.1. The number of carboxylic acid groups (broad SMARTS) is 1. The van der Waals surface area contributed by atoms with E-state index in [0.29, 0.717) is 12.4 Å². The van der Waals surface area contributed by atoms with E-state index in [4.69, 9.17) is 9.84 Å². The molecule has 6 nitrogen and oxygen atoms in total. The Balaban J connectivity index is 1.65. The molecule has 0 fully saturated rings. The Morgan fingerprint density at radius 2 is 1.44 bits per heavy atom. The van der Waals surface area contributed by atoms with Crippen LogP contribution in [0.1, 0.15) is 91.8 Å². The molecule has 1 aliphatic rings. The average Bonchev–Trinajstić information content (AvgIpc) is 2.90. The van der Waals surface area contributed by atoms with Gasteiger partial charge >= 0.3 is 6.09 Å². The summed E-state index contributed by atoms with van der Waals surface area (Å²) in [4.78, 5) is 35.2. The van der Waals surface area contributed by atoms with Crippen LogP contribution >= 0.6 is 0 Å². The van der Waals surface area contributed by atoms with E-state index in [0.717, 1.165) is 12.8 Å². The maximum atomic E-state index is 12.0. The van der Waals surface area contributed by atoms with Gasteiger partial charge in [-0.25, -0.2) is 4.79 Å². The van der Waals surface area contributed by atoms with Crippen molar-refractivity contribution in [3.05, 3.63) is 29.3 Å². The Kier molecular flexibility index (Phi) is 8.30. The van der Waals surface area contributed by atoms with E-state index >= 15 is 0 Å². The number of benzene rings is 1. The summed E-state index contributed by atoms with van der Waals surface area (Å²) in [5, 5.41) is 8.96. The lowest BCUT2D eigenvalue weighted by Crippen LogP contribution is -2.34. The van der Waals surface area contributed by atoms with Crippen molar-refractivity contribution in [2.75, 3.05) is 6.61 Å². The van der Waals surface area contributed by atoms with Crippen LogP contribution in [0.5, 0.6) is 5.75 Å². The molecule has 0 atom stereocenters. The predicted octanol–water partition coefficient (Wildman–Crippen LogP) is 5.26. The maximum absolute atomic E-state index is 12.0. The number of fused-ring (bicyclic) bond motifs is 1. The number of rotatable bonds is 12. The number of unbranched alkanes of at least 4 members (excludes halogenated alkanes) is 9. The third-order valence-corrected chi connectivity index (χ3v) is 4.82. The van der Waals surface area contributed by atoms with Crippen LogP contribution < -0.4 is 4.74 Å². The Morgan fingerprint density at radius 3 is 2.04 bits per heavy atom. The second-order valence-corrected chi connectivity index (χ2v) is 6.97. The highest BCUT2D eigenvalue weighted by Crippen LogP contribution is 2.27. The minimum Gasteiger partial charge on any atom is -0.494 e. The molecule has 0 radical (unpaired) electrons. The average molecular weight is 375 g/mol. The Morgan fingerprint density at radius 1 is 0.889 bits per heavy atom. The second-order valence-electron chi connectivity index (χ2n) is 6.97. The highest BCUT2D eigenvalue weighted by molar-refractivity contribution is 6.27. The van der Waals surface area contributed by atoms with Gasteiger partial charge in [-0.1, -0.05) is 64.7 Å². The molecule has 0 saturated heterocycles. The first kappa shape index (κ1) is 20.9. The lowest BCUT2D eigenvalue weighted by atomic mass is 10.1. The zero-order valence-corrected chi connectivity index (χ0v) is 16.0. The highest BCUT2D eigenvalue weighted by atomic mass is 16.5. The quantitative estimate of drug-likeness (QED) is 0.398. The van der Waals surface area contributed by atoms with Crippen LogP contribution in [0.2, 0.25) is 0 Å². The lowest BCUT2D eigenvalue weighted by Gasteiger charge is -2.07. The fourth-order valence-electron chi connectivity index (χ4n) is 3.26. The summed E-state index contributed by atoms with van der Waals surface area (Å²) in [5.74, 6) is -1.13. The van der Waals surface area contributed by atoms with Crippen molar-refractivity contribution < 1.29 is 24.2 Å². The molecule has 1 aromatic rings. The van der Waals surface area contributed by atoms with Crippen molar-refractivity contribution in [2.24, 2.45) is 0 Å². The van der Waals surface area contributed by atoms with Crippen molar-refractivity contribution in [1.29, 1.82) is 0 Å². The van der Waals surface area contributed by atoms with E-state index in [1.807, 2.05) is 0 Å². The van der Waals surface area contributed by atoms with Gasteiger partial charge in [0.2, 0.25) is 0 Å². The zero-order chi connectivity index (χ0) is 19.6. The smallest absolute Gasteiger partial charge is 0.421 e. The van der Waals surface area contributed by atoms with Gasteiger partial charge in [0.05, 0.1) is 17.7 Å². The normalized spacial score (nSPS) is 13.1. The topological polar surface area (TPSA) is 83.9 Å². The van der Waals surface area contributed by atoms with Crippen molar-refractivity contribution in [1.82, 2.24) is 4.90 Å². The summed E-state index contributed by atoms with van der Waals surface area (Å²) in [5.41, 5.74) is 0.191. The minimum atomic E-state index is -1.56. The molecule has 6 heteroatoms. The fraction of sp³-hybridized carbons (Fsp3) is 0.571. The molecule has 1 aromatic carbocycles. The molecule has 0 bridgehead atoms. The molecule has 0 unspecified atom stereocenters. The van der Waals surface area contributed by atoms with Gasteiger partial charge in [-0.2, -0.15) is 4.90 Å². The van der Waals surface area contributed by atoms with Crippen LogP contribution in [-0.4, -0.2) is 34.5 Å². The molecular formula is C21H29NO5. The molecule has 3 amide bonds. The third-order valence-electron chi connectivity index (χ3n) is 4.82. The number of imide groups is 3. The summed E-state index contributed by atoms with van der Waals surface area (Å²) < 4.78 is 5.65. The van der Waals surface area contributed by atoms with Crippen LogP contribution in [0, 0.1) is 0 Å². The van der Waals surface area contributed by atoms with Crippen LogP contribution in [0.4, 0.5) is 4.79 Å². The summed E-state index contributed by atoms with van der Waals surface area (Å²) in [6.45, 7) is 2.77. The zero-order valence-electron chi connectivity index (χ0n) is 16.0. The third kappa shape index (κ3) is 5.81. The molecule has 0 saturated carbocycles. The lowest BCUT2D eigenvalue weighted by molar-refractivity contribution is 0.0651. The van der Waals surface area contributed by atoms with Crippen LogP contribution in [-0.2, 0) is 0 Å². The fourth-order valence-corrected chi connectivity index (χ4v) is 3.26. The van der Waals surface area contributed by atoms with E-state index in [1.165, 1.54) is 63.5 Å². The molecule has 0 spiro atoms. The first-order valence-corrected chi connectivity index (χ1v) is 9.94. The van der Waals surface area contributed by atoms with Crippen LogP contribution in [0.25, 0.3) is 0 Å². The molecule has 0 aromatic heterocycles. The van der Waals surface area contributed by atoms with Gasteiger partial charge in [-0.15, -0.1) is 0 Å². The van der Waals surface area contributed by atoms with Crippen molar-refractivity contribution in [3.8, 4) is 5.75 Å². The molecule has 2 rings (SSSR count). The second kappa shape index (κ2) is 10.7. The number of ether oxygens (including phenoxy) is 1. The van der Waals surface area contributed by atoms with E-state index in [2.05, 4.69) is 6.92 Å². The number of hydrogen-bond acceptors (Lipinski definition) is 4. The standard InChI is InChI=1S/C21H29NO5/c1-2-3-4-5-6-7-8-9-10-11-14-27-16-12-13-17-18(15-16)20(24)22(19(17)23)21(25)26/h12-13,15H,2-11,14H2,1H3,(H,25,26). The highest BCUT2D eigenvalue weighted by Gasteiger charge is 2.40. The largest absolute Gasteiger partial charge is 0.494 e. The van der Waals surface area contributed by atoms with E-state index in [9.17, 15) is 14.4 Å². The van der Waals surface area contributed by atoms with Gasteiger partial charge in [0, 0.05) is 0 Å². The maximum Gasteiger partial charge on any atom is 0.421 e.